The maximum absolute atomic E-state index is 13.2. The number of rotatable bonds is 8. The number of hydrogen-bond acceptors (Lipinski definition) is 4. The lowest BCUT2D eigenvalue weighted by Crippen LogP contribution is -2.54. The summed E-state index contributed by atoms with van der Waals surface area (Å²) in [5.41, 5.74) is 9.32. The van der Waals surface area contributed by atoms with Gasteiger partial charge < -0.3 is 10.0 Å². The Morgan fingerprint density at radius 1 is 1.23 bits per heavy atom. The zero-order valence-electron chi connectivity index (χ0n) is 22.7. The largest absolute Gasteiger partial charge is 0.481 e. The molecule has 208 valence electrons. The molecule has 0 bridgehead atoms. The van der Waals surface area contributed by atoms with E-state index in [2.05, 4.69) is 40.8 Å². The number of carboxylic acid groups (broad SMARTS) is 1. The minimum absolute atomic E-state index is 0.0144. The van der Waals surface area contributed by atoms with Crippen LogP contribution in [0.3, 0.4) is 0 Å². The van der Waals surface area contributed by atoms with Crippen molar-refractivity contribution in [3.63, 3.8) is 0 Å². The number of piperazine rings is 1. The summed E-state index contributed by atoms with van der Waals surface area (Å²) in [4.78, 5) is 16.9. The SMILES string of the molecule is C=C=C(SC1=C=CCC(C(F)(F)F)=CC=C1C)N1CCN(Cc2cc(C)cc(CC(=O)O)c2)C[C@@]12C[C@@H]2CC. The molecule has 1 N–H and O–H groups in total. The average Bonchev–Trinajstić information content (AvgIpc) is 3.53. The normalized spacial score (nSPS) is 23.4. The number of aryl methyl sites for hydroxylation is 1. The lowest BCUT2D eigenvalue weighted by molar-refractivity contribution is -0.136. The highest BCUT2D eigenvalue weighted by Crippen LogP contribution is 2.55. The molecule has 1 aromatic carbocycles. The van der Waals surface area contributed by atoms with Gasteiger partial charge in [-0.3, -0.25) is 9.69 Å². The number of alkyl halides is 3. The van der Waals surface area contributed by atoms with Gasteiger partial charge in [-0.15, -0.1) is 5.73 Å². The van der Waals surface area contributed by atoms with E-state index in [1.54, 1.807) is 6.92 Å². The second-order valence-corrected chi connectivity index (χ2v) is 11.7. The summed E-state index contributed by atoms with van der Waals surface area (Å²) >= 11 is 1.47. The Morgan fingerprint density at radius 2 is 1.97 bits per heavy atom. The second-order valence-electron chi connectivity index (χ2n) is 10.7. The summed E-state index contributed by atoms with van der Waals surface area (Å²) in [6.45, 7) is 13.2. The van der Waals surface area contributed by atoms with Crippen LogP contribution in [0.1, 0.15) is 49.8 Å². The maximum Gasteiger partial charge on any atom is 0.413 e. The fraction of sp³-hybridized carbons (Fsp3) is 0.452. The van der Waals surface area contributed by atoms with E-state index >= 15 is 0 Å². The first-order chi connectivity index (χ1) is 18.4. The topological polar surface area (TPSA) is 43.8 Å². The maximum atomic E-state index is 13.2. The highest BCUT2D eigenvalue weighted by molar-refractivity contribution is 8.06. The molecule has 8 heteroatoms. The number of benzene rings is 1. The van der Waals surface area contributed by atoms with E-state index in [1.807, 2.05) is 19.1 Å². The molecule has 0 amide bonds. The van der Waals surface area contributed by atoms with Gasteiger partial charge in [-0.2, -0.15) is 13.2 Å². The second kappa shape index (κ2) is 11.7. The molecule has 4 nitrogen and oxygen atoms in total. The quantitative estimate of drug-likeness (QED) is 0.345. The Balaban J connectivity index is 1.51. The number of carboxylic acids is 1. The van der Waals surface area contributed by atoms with Crippen molar-refractivity contribution < 1.29 is 23.1 Å². The first-order valence-electron chi connectivity index (χ1n) is 13.2. The van der Waals surface area contributed by atoms with Gasteiger partial charge in [0, 0.05) is 38.2 Å². The van der Waals surface area contributed by atoms with Gasteiger partial charge in [-0.1, -0.05) is 73.3 Å². The molecule has 1 spiro atoms. The fourth-order valence-electron chi connectivity index (χ4n) is 5.79. The van der Waals surface area contributed by atoms with Crippen LogP contribution < -0.4 is 0 Å². The van der Waals surface area contributed by atoms with Gasteiger partial charge >= 0.3 is 12.1 Å². The summed E-state index contributed by atoms with van der Waals surface area (Å²) in [6.07, 6.45) is 1.70. The molecule has 1 aromatic rings. The van der Waals surface area contributed by atoms with Crippen LogP contribution in [-0.2, 0) is 17.8 Å². The lowest BCUT2D eigenvalue weighted by atomic mass is 10.0. The van der Waals surface area contributed by atoms with Crippen molar-refractivity contribution in [3.05, 3.63) is 92.2 Å². The number of thioether (sulfide) groups is 1. The van der Waals surface area contributed by atoms with Crippen LogP contribution >= 0.6 is 11.8 Å². The Hall–Kier alpha value is -2.89. The zero-order chi connectivity index (χ0) is 28.4. The molecule has 2 aliphatic carbocycles. The summed E-state index contributed by atoms with van der Waals surface area (Å²) in [7, 11) is 0. The number of aliphatic carboxylic acids is 1. The van der Waals surface area contributed by atoms with Gasteiger partial charge in [-0.25, -0.2) is 0 Å². The van der Waals surface area contributed by atoms with Crippen LogP contribution in [0, 0.1) is 12.8 Å². The molecular formula is C31H35F3N2O2S. The Kier molecular flexibility index (Phi) is 8.72. The zero-order valence-corrected chi connectivity index (χ0v) is 23.5. The first-order valence-corrected chi connectivity index (χ1v) is 14.1. The fourth-order valence-corrected chi connectivity index (χ4v) is 6.81. The number of allylic oxidation sites excluding steroid dienone is 4. The molecule has 3 aliphatic rings. The molecule has 0 aromatic heterocycles. The van der Waals surface area contributed by atoms with Crippen LogP contribution in [0.4, 0.5) is 13.2 Å². The van der Waals surface area contributed by atoms with Crippen LogP contribution in [0.2, 0.25) is 0 Å². The van der Waals surface area contributed by atoms with Crippen molar-refractivity contribution in [2.24, 2.45) is 5.92 Å². The molecule has 0 unspecified atom stereocenters. The van der Waals surface area contributed by atoms with E-state index in [9.17, 15) is 23.1 Å². The third-order valence-corrected chi connectivity index (χ3v) is 8.93. The van der Waals surface area contributed by atoms with E-state index in [-0.39, 0.29) is 18.4 Å². The Bertz CT molecular complexity index is 1320. The van der Waals surface area contributed by atoms with Crippen LogP contribution in [0.5, 0.6) is 0 Å². The van der Waals surface area contributed by atoms with Gasteiger partial charge in [-0.05, 0) is 49.0 Å². The van der Waals surface area contributed by atoms with E-state index < -0.39 is 17.7 Å². The number of halogens is 3. The predicted molar refractivity (Wildman–Crippen MR) is 150 cm³/mol. The van der Waals surface area contributed by atoms with Crippen molar-refractivity contribution in [2.75, 3.05) is 19.6 Å². The minimum Gasteiger partial charge on any atom is -0.481 e. The predicted octanol–water partition coefficient (Wildman–Crippen LogP) is 7.15. The van der Waals surface area contributed by atoms with Gasteiger partial charge in [0.05, 0.1) is 16.9 Å². The van der Waals surface area contributed by atoms with E-state index in [1.165, 1.54) is 23.9 Å². The molecule has 39 heavy (non-hydrogen) atoms. The summed E-state index contributed by atoms with van der Waals surface area (Å²) in [5.74, 6) is -0.305. The highest BCUT2D eigenvalue weighted by Gasteiger charge is 2.59. The molecule has 1 saturated heterocycles. The molecular weight excluding hydrogens is 521 g/mol. The van der Waals surface area contributed by atoms with Crippen LogP contribution in [0.25, 0.3) is 0 Å². The average molecular weight is 557 g/mol. The molecule has 4 rings (SSSR count). The summed E-state index contributed by atoms with van der Waals surface area (Å²) in [5, 5.41) is 10.1. The first kappa shape index (κ1) is 29.1. The molecule has 1 aliphatic heterocycles. The van der Waals surface area contributed by atoms with Gasteiger partial charge in [0.2, 0.25) is 0 Å². The number of carbonyl (C=O) groups is 1. The minimum atomic E-state index is -4.35. The number of hydrogen-bond donors (Lipinski definition) is 1. The standard InChI is InChI=1S/C31H35F3N2O2S/c1-5-25-18-30(25)20-35(19-24-15-21(3)14-23(16-24)17-29(37)38)12-13-36(30)28(6-2)39-27-9-7-8-26(31(32,33)34)11-10-22(27)4/h7,10-11,14-16,25H,2,5,8,12-13,17-20H2,1,3-4H3,(H,37,38)/t9?,25-,30+/m0/s1. The van der Waals surface area contributed by atoms with E-state index in [0.717, 1.165) is 77.3 Å². The lowest BCUT2D eigenvalue weighted by Gasteiger charge is -2.44. The molecule has 2 fully saturated rings. The molecule has 0 radical (unpaired) electrons. The van der Waals surface area contributed by atoms with Crippen molar-refractivity contribution in [1.29, 1.82) is 0 Å². The molecule has 2 atom stereocenters. The molecule has 1 saturated carbocycles. The third-order valence-electron chi connectivity index (χ3n) is 7.73. The monoisotopic (exact) mass is 556 g/mol. The van der Waals surface area contributed by atoms with Gasteiger partial charge in [0.15, 0.2) is 0 Å². The van der Waals surface area contributed by atoms with E-state index in [4.69, 9.17) is 0 Å². The third kappa shape index (κ3) is 6.82. The van der Waals surface area contributed by atoms with Crippen molar-refractivity contribution in [3.8, 4) is 0 Å². The number of nitrogens with zero attached hydrogens (tertiary/aromatic N) is 2. The Morgan fingerprint density at radius 3 is 2.62 bits per heavy atom. The summed E-state index contributed by atoms with van der Waals surface area (Å²) in [6, 6.07) is 6.05. The van der Waals surface area contributed by atoms with E-state index in [0.29, 0.717) is 5.92 Å². The highest BCUT2D eigenvalue weighted by atomic mass is 32.2. The van der Waals surface area contributed by atoms with Crippen LogP contribution in [-0.4, -0.2) is 52.2 Å². The van der Waals surface area contributed by atoms with Crippen molar-refractivity contribution in [1.82, 2.24) is 9.80 Å². The molecule has 1 heterocycles. The van der Waals surface area contributed by atoms with Gasteiger partial charge in [0.1, 0.15) is 5.03 Å². The van der Waals surface area contributed by atoms with Crippen molar-refractivity contribution >= 4 is 17.7 Å². The summed E-state index contributed by atoms with van der Waals surface area (Å²) < 4.78 is 39.6. The Labute approximate surface area is 232 Å². The van der Waals surface area contributed by atoms with Gasteiger partial charge in [0.25, 0.3) is 0 Å². The smallest absolute Gasteiger partial charge is 0.413 e. The van der Waals surface area contributed by atoms with Crippen LogP contribution in [0.15, 0.2) is 75.5 Å². The van der Waals surface area contributed by atoms with Crippen molar-refractivity contribution in [2.45, 2.75) is 64.7 Å².